The Hall–Kier alpha value is -2.49. The lowest BCUT2D eigenvalue weighted by Crippen LogP contribution is -2.27. The molecule has 4 nitrogen and oxygen atoms in total. The summed E-state index contributed by atoms with van der Waals surface area (Å²) >= 11 is 0. The Kier molecular flexibility index (Phi) is 5.18. The van der Waals surface area contributed by atoms with Crippen molar-refractivity contribution in [1.82, 2.24) is 0 Å². The Morgan fingerprint density at radius 2 is 1.75 bits per heavy atom. The molecule has 1 aliphatic rings. The van der Waals surface area contributed by atoms with Gasteiger partial charge in [0.1, 0.15) is 5.75 Å². The van der Waals surface area contributed by atoms with Crippen LogP contribution in [0.15, 0.2) is 30.3 Å². The second-order valence-corrected chi connectivity index (χ2v) is 8.95. The highest BCUT2D eigenvalue weighted by molar-refractivity contribution is 5.88. The first-order valence-corrected chi connectivity index (χ1v) is 9.98. The molecule has 0 saturated heterocycles. The van der Waals surface area contributed by atoms with Crippen molar-refractivity contribution in [3.05, 3.63) is 52.6 Å². The highest BCUT2D eigenvalue weighted by Gasteiger charge is 2.36. The molecule has 28 heavy (non-hydrogen) atoms. The number of rotatable bonds is 5. The van der Waals surface area contributed by atoms with E-state index in [-0.39, 0.29) is 11.5 Å². The zero-order valence-corrected chi connectivity index (χ0v) is 18.0. The van der Waals surface area contributed by atoms with Gasteiger partial charge in [-0.2, -0.15) is 0 Å². The van der Waals surface area contributed by atoms with Crippen molar-refractivity contribution in [2.45, 2.75) is 65.8 Å². The number of fused-ring (bicyclic) bond motifs is 1. The van der Waals surface area contributed by atoms with Crippen LogP contribution in [-0.2, 0) is 5.41 Å². The molecule has 0 atom stereocenters. The summed E-state index contributed by atoms with van der Waals surface area (Å²) in [5.74, 6) is 0.495. The van der Waals surface area contributed by atoms with E-state index in [1.54, 1.807) is 12.1 Å². The van der Waals surface area contributed by atoms with Crippen molar-refractivity contribution in [2.24, 2.45) is 0 Å². The van der Waals surface area contributed by atoms with Gasteiger partial charge in [0.05, 0.1) is 12.2 Å². The first-order chi connectivity index (χ1) is 13.0. The van der Waals surface area contributed by atoms with E-state index in [0.717, 1.165) is 11.4 Å². The fraction of sp³-hybridized carbons (Fsp3) is 0.458. The molecule has 3 rings (SSSR count). The lowest BCUT2D eigenvalue weighted by molar-refractivity contribution is 0.0697. The first-order valence-electron chi connectivity index (χ1n) is 9.98. The third-order valence-electron chi connectivity index (χ3n) is 5.61. The molecule has 0 bridgehead atoms. The van der Waals surface area contributed by atoms with Crippen molar-refractivity contribution in [1.29, 1.82) is 0 Å². The molecule has 0 amide bonds. The maximum absolute atomic E-state index is 11.2. The van der Waals surface area contributed by atoms with Gasteiger partial charge in [0.25, 0.3) is 0 Å². The second kappa shape index (κ2) is 7.16. The van der Waals surface area contributed by atoms with E-state index in [1.807, 2.05) is 12.1 Å². The fourth-order valence-electron chi connectivity index (χ4n) is 4.18. The molecule has 0 spiro atoms. The maximum atomic E-state index is 11.2. The summed E-state index contributed by atoms with van der Waals surface area (Å²) in [7, 11) is 0. The Balaban J connectivity index is 2.22. The molecule has 0 fully saturated rings. The Bertz CT molecular complexity index is 895. The fourth-order valence-corrected chi connectivity index (χ4v) is 4.18. The van der Waals surface area contributed by atoms with Gasteiger partial charge in [-0.25, -0.2) is 4.79 Å². The molecule has 1 heterocycles. The number of aromatic carboxylic acids is 1. The lowest BCUT2D eigenvalue weighted by atomic mass is 9.82. The summed E-state index contributed by atoms with van der Waals surface area (Å²) in [4.78, 5) is 13.5. The molecule has 0 aliphatic carbocycles. The minimum atomic E-state index is -0.905. The Morgan fingerprint density at radius 3 is 2.25 bits per heavy atom. The molecular formula is C24H31NO3. The van der Waals surface area contributed by atoms with Gasteiger partial charge in [-0.1, -0.05) is 27.7 Å². The minimum Gasteiger partial charge on any atom is -0.492 e. The number of nitrogens with zero attached hydrogens (tertiary/aromatic N) is 1. The summed E-state index contributed by atoms with van der Waals surface area (Å²) in [6.07, 6.45) is 0. The molecule has 0 radical (unpaired) electrons. The number of ether oxygens (including phenoxy) is 1. The SMILES string of the molecule is Cc1c(N(c2ccc(C(=O)O)cc2)C(C)C)cc2c(c1C(C)C)OCC2(C)C. The molecule has 0 unspecified atom stereocenters. The predicted molar refractivity (Wildman–Crippen MR) is 114 cm³/mol. The third kappa shape index (κ3) is 3.36. The van der Waals surface area contributed by atoms with E-state index in [1.165, 1.54) is 22.4 Å². The van der Waals surface area contributed by atoms with Crippen LogP contribution in [0.2, 0.25) is 0 Å². The summed E-state index contributed by atoms with van der Waals surface area (Å²) in [5, 5.41) is 9.22. The van der Waals surface area contributed by atoms with Gasteiger partial charge >= 0.3 is 5.97 Å². The molecule has 0 saturated carbocycles. The zero-order valence-electron chi connectivity index (χ0n) is 18.0. The number of carbonyl (C=O) groups is 1. The monoisotopic (exact) mass is 381 g/mol. The summed E-state index contributed by atoms with van der Waals surface area (Å²) in [6.45, 7) is 16.1. The zero-order chi connectivity index (χ0) is 20.8. The van der Waals surface area contributed by atoms with Crippen LogP contribution in [0.1, 0.15) is 74.5 Å². The van der Waals surface area contributed by atoms with Crippen molar-refractivity contribution in [3.8, 4) is 5.75 Å². The molecule has 2 aromatic rings. The van der Waals surface area contributed by atoms with E-state index in [9.17, 15) is 9.90 Å². The molecule has 4 heteroatoms. The number of carboxylic acids is 1. The first kappa shape index (κ1) is 20.2. The number of benzene rings is 2. The number of hydrogen-bond donors (Lipinski definition) is 1. The smallest absolute Gasteiger partial charge is 0.335 e. The third-order valence-corrected chi connectivity index (χ3v) is 5.61. The van der Waals surface area contributed by atoms with Gasteiger partial charge in [0.15, 0.2) is 0 Å². The minimum absolute atomic E-state index is 0.0305. The van der Waals surface area contributed by atoms with E-state index in [2.05, 4.69) is 59.4 Å². The molecular weight excluding hydrogens is 350 g/mol. The van der Waals surface area contributed by atoms with Crippen LogP contribution in [0.5, 0.6) is 5.75 Å². The van der Waals surface area contributed by atoms with Crippen LogP contribution >= 0.6 is 0 Å². The van der Waals surface area contributed by atoms with Crippen molar-refractivity contribution >= 4 is 17.3 Å². The topological polar surface area (TPSA) is 49.8 Å². The molecule has 1 aliphatic heterocycles. The normalized spacial score (nSPS) is 14.9. The van der Waals surface area contributed by atoms with Gasteiger partial charge in [0, 0.05) is 34.0 Å². The van der Waals surface area contributed by atoms with Crippen LogP contribution in [0, 0.1) is 6.92 Å². The average molecular weight is 382 g/mol. The molecule has 150 valence electrons. The second-order valence-electron chi connectivity index (χ2n) is 8.95. The standard InChI is InChI=1S/C24H31NO3/c1-14(2)21-16(5)20(12-19-22(21)28-13-24(19,6)7)25(15(3)4)18-10-8-17(9-11-18)23(26)27/h8-12,14-15H,13H2,1-7H3,(H,26,27). The van der Waals surface area contributed by atoms with Crippen LogP contribution in [0.25, 0.3) is 0 Å². The van der Waals surface area contributed by atoms with Crippen LogP contribution < -0.4 is 9.64 Å². The highest BCUT2D eigenvalue weighted by Crippen LogP contribution is 2.48. The quantitative estimate of drug-likeness (QED) is 0.687. The van der Waals surface area contributed by atoms with Gasteiger partial charge in [-0.15, -0.1) is 0 Å². The Labute approximate surface area is 168 Å². The van der Waals surface area contributed by atoms with Gasteiger partial charge in [-0.05, 0) is 62.6 Å². The van der Waals surface area contributed by atoms with E-state index < -0.39 is 5.97 Å². The summed E-state index contributed by atoms with van der Waals surface area (Å²) in [6, 6.07) is 9.63. The van der Waals surface area contributed by atoms with Crippen LogP contribution in [0.3, 0.4) is 0 Å². The van der Waals surface area contributed by atoms with Gasteiger partial charge in [0.2, 0.25) is 0 Å². The van der Waals surface area contributed by atoms with E-state index >= 15 is 0 Å². The number of carboxylic acid groups (broad SMARTS) is 1. The van der Waals surface area contributed by atoms with Crippen molar-refractivity contribution < 1.29 is 14.6 Å². The summed E-state index contributed by atoms with van der Waals surface area (Å²) in [5.41, 5.74) is 6.18. The van der Waals surface area contributed by atoms with Crippen LogP contribution in [-0.4, -0.2) is 23.7 Å². The summed E-state index contributed by atoms with van der Waals surface area (Å²) < 4.78 is 6.15. The predicted octanol–water partition coefficient (Wildman–Crippen LogP) is 6.03. The van der Waals surface area contributed by atoms with Crippen molar-refractivity contribution in [3.63, 3.8) is 0 Å². The lowest BCUT2D eigenvalue weighted by Gasteiger charge is -2.33. The number of anilines is 2. The van der Waals surface area contributed by atoms with E-state index in [4.69, 9.17) is 4.74 Å². The number of hydrogen-bond acceptors (Lipinski definition) is 3. The molecule has 2 aromatic carbocycles. The van der Waals surface area contributed by atoms with Gasteiger partial charge < -0.3 is 14.7 Å². The average Bonchev–Trinajstić information content (AvgIpc) is 2.90. The van der Waals surface area contributed by atoms with Gasteiger partial charge in [-0.3, -0.25) is 0 Å². The Morgan fingerprint density at radius 1 is 1.14 bits per heavy atom. The van der Waals surface area contributed by atoms with Crippen LogP contribution in [0.4, 0.5) is 11.4 Å². The largest absolute Gasteiger partial charge is 0.492 e. The molecule has 0 aromatic heterocycles. The van der Waals surface area contributed by atoms with Crippen molar-refractivity contribution in [2.75, 3.05) is 11.5 Å². The maximum Gasteiger partial charge on any atom is 0.335 e. The molecule has 1 N–H and O–H groups in total. The van der Waals surface area contributed by atoms with E-state index in [0.29, 0.717) is 18.1 Å². The highest BCUT2D eigenvalue weighted by atomic mass is 16.5.